The lowest BCUT2D eigenvalue weighted by Gasteiger charge is -2.12. The minimum Gasteiger partial charge on any atom is -0.353 e. The van der Waals surface area contributed by atoms with Crippen LogP contribution in [0.1, 0.15) is 26.3 Å². The van der Waals surface area contributed by atoms with Crippen LogP contribution < -0.4 is 10.6 Å². The van der Waals surface area contributed by atoms with Crippen LogP contribution in [0.4, 0.5) is 24.0 Å². The topological polar surface area (TPSA) is 66.9 Å². The normalized spacial score (nSPS) is 12.9. The fourth-order valence-corrected chi connectivity index (χ4v) is 3.79. The van der Waals surface area contributed by atoms with Crippen molar-refractivity contribution in [1.82, 2.24) is 15.5 Å². The SMILES string of the molecule is CC(C)NC(=O)[C@@H](C)Sc1nnc(Nc2ccccc2C(F)(F)F)s1. The number of carbonyl (C=O) groups is 1. The molecule has 136 valence electrons. The van der Waals surface area contributed by atoms with E-state index < -0.39 is 11.7 Å². The van der Waals surface area contributed by atoms with Crippen molar-refractivity contribution >= 4 is 39.8 Å². The average Bonchev–Trinajstić information content (AvgIpc) is 2.93. The fraction of sp³-hybridized carbons (Fsp3) is 0.400. The number of nitrogens with zero attached hydrogens (tertiary/aromatic N) is 2. The molecule has 1 atom stereocenters. The van der Waals surface area contributed by atoms with Crippen LogP contribution in [0.25, 0.3) is 0 Å². The highest BCUT2D eigenvalue weighted by molar-refractivity contribution is 8.02. The Morgan fingerprint density at radius 1 is 1.20 bits per heavy atom. The van der Waals surface area contributed by atoms with Crippen LogP contribution in [0.3, 0.4) is 0 Å². The number of anilines is 2. The Kier molecular flexibility index (Phi) is 6.28. The summed E-state index contributed by atoms with van der Waals surface area (Å²) in [5, 5.41) is 13.0. The molecule has 0 radical (unpaired) electrons. The molecule has 1 aromatic carbocycles. The molecule has 25 heavy (non-hydrogen) atoms. The summed E-state index contributed by atoms with van der Waals surface area (Å²) in [6.45, 7) is 5.45. The maximum atomic E-state index is 13.0. The maximum Gasteiger partial charge on any atom is 0.418 e. The van der Waals surface area contributed by atoms with Gasteiger partial charge in [-0.1, -0.05) is 35.2 Å². The predicted octanol–water partition coefficient (Wildman–Crippen LogP) is 4.31. The van der Waals surface area contributed by atoms with E-state index in [-0.39, 0.29) is 28.0 Å². The van der Waals surface area contributed by atoms with Crippen molar-refractivity contribution < 1.29 is 18.0 Å². The zero-order valence-corrected chi connectivity index (χ0v) is 15.4. The molecular formula is C15H17F3N4OS2. The standard InChI is InChI=1S/C15H17F3N4OS2/c1-8(2)19-12(23)9(3)24-14-22-21-13(25-14)20-11-7-5-4-6-10(11)15(16,17)18/h4-9H,1-3H3,(H,19,23)(H,20,21)/t9-/m1/s1. The number of thioether (sulfide) groups is 1. The zero-order valence-electron chi connectivity index (χ0n) is 13.7. The van der Waals surface area contributed by atoms with E-state index in [2.05, 4.69) is 20.8 Å². The van der Waals surface area contributed by atoms with E-state index in [9.17, 15) is 18.0 Å². The number of para-hydroxylation sites is 1. The van der Waals surface area contributed by atoms with Crippen LogP contribution in [0.2, 0.25) is 0 Å². The summed E-state index contributed by atoms with van der Waals surface area (Å²) in [5.41, 5.74) is -0.864. The van der Waals surface area contributed by atoms with Crippen molar-refractivity contribution in [1.29, 1.82) is 0 Å². The van der Waals surface area contributed by atoms with Gasteiger partial charge in [0.15, 0.2) is 4.34 Å². The lowest BCUT2D eigenvalue weighted by molar-refractivity contribution is -0.137. The minimum absolute atomic E-state index is 0.0288. The van der Waals surface area contributed by atoms with E-state index in [1.165, 1.54) is 30.0 Å². The smallest absolute Gasteiger partial charge is 0.353 e. The Labute approximate surface area is 151 Å². The number of aromatic nitrogens is 2. The summed E-state index contributed by atoms with van der Waals surface area (Å²) in [6.07, 6.45) is -4.46. The van der Waals surface area contributed by atoms with E-state index in [4.69, 9.17) is 0 Å². The van der Waals surface area contributed by atoms with E-state index >= 15 is 0 Å². The van der Waals surface area contributed by atoms with Crippen LogP contribution in [-0.4, -0.2) is 27.4 Å². The maximum absolute atomic E-state index is 13.0. The van der Waals surface area contributed by atoms with Gasteiger partial charge in [0.25, 0.3) is 0 Å². The molecule has 2 rings (SSSR count). The molecule has 0 spiro atoms. The van der Waals surface area contributed by atoms with Crippen molar-refractivity contribution in [3.8, 4) is 0 Å². The summed E-state index contributed by atoms with van der Waals surface area (Å²) in [5.74, 6) is -0.132. The number of halogens is 3. The molecule has 2 N–H and O–H groups in total. The molecule has 5 nitrogen and oxygen atoms in total. The number of benzene rings is 1. The Morgan fingerprint density at radius 3 is 2.52 bits per heavy atom. The molecule has 1 aromatic heterocycles. The number of carbonyl (C=O) groups excluding carboxylic acids is 1. The lowest BCUT2D eigenvalue weighted by atomic mass is 10.2. The molecule has 0 fully saturated rings. The molecule has 0 aliphatic heterocycles. The number of alkyl halides is 3. The van der Waals surface area contributed by atoms with Crippen LogP contribution in [-0.2, 0) is 11.0 Å². The second-order valence-electron chi connectivity index (χ2n) is 5.46. The van der Waals surface area contributed by atoms with Gasteiger partial charge in [-0.25, -0.2) is 0 Å². The largest absolute Gasteiger partial charge is 0.418 e. The molecular weight excluding hydrogens is 373 g/mol. The third-order valence-electron chi connectivity index (χ3n) is 2.96. The van der Waals surface area contributed by atoms with Crippen molar-refractivity contribution in [2.24, 2.45) is 0 Å². The van der Waals surface area contributed by atoms with Gasteiger partial charge in [-0.2, -0.15) is 13.2 Å². The summed E-state index contributed by atoms with van der Waals surface area (Å²) in [7, 11) is 0. The highest BCUT2D eigenvalue weighted by atomic mass is 32.2. The summed E-state index contributed by atoms with van der Waals surface area (Å²) in [6, 6.07) is 5.19. The summed E-state index contributed by atoms with van der Waals surface area (Å²) < 4.78 is 39.5. The second-order valence-corrected chi connectivity index (χ2v) is 8.03. The molecule has 0 aliphatic carbocycles. The quantitative estimate of drug-likeness (QED) is 0.720. The highest BCUT2D eigenvalue weighted by Crippen LogP contribution is 2.37. The molecule has 10 heteroatoms. The number of rotatable bonds is 6. The van der Waals surface area contributed by atoms with Crippen LogP contribution >= 0.6 is 23.1 Å². The summed E-state index contributed by atoms with van der Waals surface area (Å²) in [4.78, 5) is 11.9. The predicted molar refractivity (Wildman–Crippen MR) is 93.2 cm³/mol. The number of nitrogens with one attached hydrogen (secondary N) is 2. The minimum atomic E-state index is -4.46. The zero-order chi connectivity index (χ0) is 18.6. The van der Waals surface area contributed by atoms with E-state index in [1.54, 1.807) is 6.92 Å². The van der Waals surface area contributed by atoms with Crippen molar-refractivity contribution in [3.05, 3.63) is 29.8 Å². The van der Waals surface area contributed by atoms with Crippen LogP contribution in [0, 0.1) is 0 Å². The molecule has 0 bridgehead atoms. The fourth-order valence-electron chi connectivity index (χ4n) is 1.87. The molecule has 0 aliphatic rings. The summed E-state index contributed by atoms with van der Waals surface area (Å²) >= 11 is 2.30. The lowest BCUT2D eigenvalue weighted by Crippen LogP contribution is -2.35. The van der Waals surface area contributed by atoms with Gasteiger partial charge >= 0.3 is 6.18 Å². The number of hydrogen-bond acceptors (Lipinski definition) is 6. The van der Waals surface area contributed by atoms with Gasteiger partial charge in [0.2, 0.25) is 11.0 Å². The highest BCUT2D eigenvalue weighted by Gasteiger charge is 2.33. The Hall–Kier alpha value is -1.81. The molecule has 1 heterocycles. The molecule has 0 saturated heterocycles. The van der Waals surface area contributed by atoms with Gasteiger partial charge in [-0.05, 0) is 32.9 Å². The first-order chi connectivity index (χ1) is 11.7. The van der Waals surface area contributed by atoms with Gasteiger partial charge < -0.3 is 10.6 Å². The van der Waals surface area contributed by atoms with E-state index in [1.807, 2.05) is 13.8 Å². The third kappa shape index (κ3) is 5.60. The molecule has 2 aromatic rings. The molecule has 1 amide bonds. The van der Waals surface area contributed by atoms with Gasteiger partial charge in [-0.15, -0.1) is 10.2 Å². The van der Waals surface area contributed by atoms with Crippen molar-refractivity contribution in [2.75, 3.05) is 5.32 Å². The molecule has 0 saturated carbocycles. The van der Waals surface area contributed by atoms with Crippen LogP contribution in [0.15, 0.2) is 28.6 Å². The van der Waals surface area contributed by atoms with E-state index in [0.717, 1.165) is 17.4 Å². The Morgan fingerprint density at radius 2 is 1.88 bits per heavy atom. The van der Waals surface area contributed by atoms with Crippen molar-refractivity contribution in [2.45, 2.75) is 42.6 Å². The molecule has 0 unspecified atom stereocenters. The van der Waals surface area contributed by atoms with Gasteiger partial charge in [-0.3, -0.25) is 4.79 Å². The van der Waals surface area contributed by atoms with Gasteiger partial charge in [0, 0.05) is 6.04 Å². The first kappa shape index (κ1) is 19.5. The van der Waals surface area contributed by atoms with E-state index in [0.29, 0.717) is 4.34 Å². The van der Waals surface area contributed by atoms with Crippen LogP contribution in [0.5, 0.6) is 0 Å². The number of amides is 1. The Bertz CT molecular complexity index is 734. The van der Waals surface area contributed by atoms with Gasteiger partial charge in [0.05, 0.1) is 16.5 Å². The first-order valence-electron chi connectivity index (χ1n) is 7.40. The Balaban J connectivity index is 2.07. The number of hydrogen-bond donors (Lipinski definition) is 2. The third-order valence-corrected chi connectivity index (χ3v) is 4.98. The monoisotopic (exact) mass is 390 g/mol. The van der Waals surface area contributed by atoms with Crippen molar-refractivity contribution in [3.63, 3.8) is 0 Å². The average molecular weight is 390 g/mol. The second kappa shape index (κ2) is 8.05. The first-order valence-corrected chi connectivity index (χ1v) is 9.10. The van der Waals surface area contributed by atoms with Gasteiger partial charge in [0.1, 0.15) is 0 Å².